The van der Waals surface area contributed by atoms with Crippen molar-refractivity contribution in [2.75, 3.05) is 13.7 Å². The lowest BCUT2D eigenvalue weighted by Crippen LogP contribution is -2.34. The molecule has 2 nitrogen and oxygen atoms in total. The maximum absolute atomic E-state index is 5.48. The number of hydrogen-bond acceptors (Lipinski definition) is 2. The molecule has 3 heteroatoms. The van der Waals surface area contributed by atoms with Gasteiger partial charge in [0.1, 0.15) is 5.75 Å². The third-order valence-electron chi connectivity index (χ3n) is 4.04. The van der Waals surface area contributed by atoms with Gasteiger partial charge in [-0.05, 0) is 49.1 Å². The summed E-state index contributed by atoms with van der Waals surface area (Å²) >= 11 is 3.55. The van der Waals surface area contributed by atoms with Gasteiger partial charge in [0.05, 0.1) is 7.11 Å². The van der Waals surface area contributed by atoms with Gasteiger partial charge in [-0.25, -0.2) is 0 Å². The van der Waals surface area contributed by atoms with Crippen molar-refractivity contribution in [2.24, 2.45) is 5.92 Å². The molecule has 0 spiro atoms. The van der Waals surface area contributed by atoms with Crippen molar-refractivity contribution in [3.8, 4) is 5.75 Å². The van der Waals surface area contributed by atoms with Gasteiger partial charge in [0, 0.05) is 10.5 Å². The third-order valence-corrected chi connectivity index (χ3v) is 4.54. The van der Waals surface area contributed by atoms with Crippen LogP contribution in [-0.2, 0) is 6.42 Å². The fourth-order valence-electron chi connectivity index (χ4n) is 2.83. The summed E-state index contributed by atoms with van der Waals surface area (Å²) in [6.45, 7) is 3.22. The van der Waals surface area contributed by atoms with Crippen LogP contribution in [0, 0.1) is 5.92 Å². The molecule has 19 heavy (non-hydrogen) atoms. The lowest BCUT2D eigenvalue weighted by molar-refractivity contribution is 0.259. The van der Waals surface area contributed by atoms with Gasteiger partial charge in [-0.1, -0.05) is 42.1 Å². The normalized spacial score (nSPS) is 17.0. The highest BCUT2D eigenvalue weighted by Gasteiger charge is 2.22. The van der Waals surface area contributed by atoms with Crippen LogP contribution >= 0.6 is 15.9 Å². The highest BCUT2D eigenvalue weighted by atomic mass is 79.9. The van der Waals surface area contributed by atoms with E-state index in [-0.39, 0.29) is 0 Å². The highest BCUT2D eigenvalue weighted by molar-refractivity contribution is 9.10. The highest BCUT2D eigenvalue weighted by Crippen LogP contribution is 2.32. The Kier molecular flexibility index (Phi) is 5.71. The minimum atomic E-state index is 0.568. The Balaban J connectivity index is 2.03. The van der Waals surface area contributed by atoms with E-state index in [1.54, 1.807) is 7.11 Å². The molecular weight excluding hydrogens is 302 g/mol. The molecule has 0 bridgehead atoms. The van der Waals surface area contributed by atoms with Crippen LogP contribution in [-0.4, -0.2) is 19.7 Å². The molecule has 1 aliphatic rings. The van der Waals surface area contributed by atoms with Gasteiger partial charge in [0.2, 0.25) is 0 Å². The molecule has 0 aromatic heterocycles. The van der Waals surface area contributed by atoms with Gasteiger partial charge in [-0.15, -0.1) is 0 Å². The molecule has 0 radical (unpaired) electrons. The molecule has 1 fully saturated rings. The molecule has 1 aliphatic carbocycles. The van der Waals surface area contributed by atoms with Crippen molar-refractivity contribution in [1.82, 2.24) is 5.32 Å². The third kappa shape index (κ3) is 4.22. The van der Waals surface area contributed by atoms with Gasteiger partial charge in [0.15, 0.2) is 0 Å². The number of rotatable bonds is 7. The number of halogens is 1. The van der Waals surface area contributed by atoms with Gasteiger partial charge in [-0.2, -0.15) is 0 Å². The van der Waals surface area contributed by atoms with E-state index in [2.05, 4.69) is 34.2 Å². The van der Waals surface area contributed by atoms with Crippen LogP contribution in [0.1, 0.15) is 38.2 Å². The predicted molar refractivity (Wildman–Crippen MR) is 83.8 cm³/mol. The Labute approximate surface area is 125 Å². The first-order valence-electron chi connectivity index (χ1n) is 7.28. The summed E-state index contributed by atoms with van der Waals surface area (Å²) in [5, 5.41) is 3.63. The molecule has 0 aliphatic heterocycles. The second-order valence-electron chi connectivity index (χ2n) is 5.45. The number of nitrogens with one attached hydrogen (secondary N) is 1. The minimum absolute atomic E-state index is 0.568. The Morgan fingerprint density at radius 1 is 1.42 bits per heavy atom. The molecular formula is C16H24BrNO. The summed E-state index contributed by atoms with van der Waals surface area (Å²) in [6.07, 6.45) is 6.59. The van der Waals surface area contributed by atoms with Gasteiger partial charge in [-0.3, -0.25) is 0 Å². The largest absolute Gasteiger partial charge is 0.496 e. The van der Waals surface area contributed by atoms with Crippen molar-refractivity contribution >= 4 is 15.9 Å². The predicted octanol–water partition coefficient (Wildman–Crippen LogP) is 4.17. The molecule has 1 unspecified atom stereocenters. The molecule has 0 amide bonds. The molecule has 1 N–H and O–H groups in total. The summed E-state index contributed by atoms with van der Waals surface area (Å²) in [4.78, 5) is 0. The first kappa shape index (κ1) is 14.9. The molecule has 1 atom stereocenters. The molecule has 2 rings (SSSR count). The van der Waals surface area contributed by atoms with Crippen molar-refractivity contribution in [3.05, 3.63) is 28.2 Å². The van der Waals surface area contributed by atoms with Crippen molar-refractivity contribution in [2.45, 2.75) is 45.1 Å². The van der Waals surface area contributed by atoms with Gasteiger partial charge in [0.25, 0.3) is 0 Å². The molecule has 106 valence electrons. The maximum Gasteiger partial charge on any atom is 0.122 e. The van der Waals surface area contributed by atoms with E-state index in [0.717, 1.165) is 29.1 Å². The quantitative estimate of drug-likeness (QED) is 0.812. The van der Waals surface area contributed by atoms with E-state index >= 15 is 0 Å². The average Bonchev–Trinajstić information content (AvgIpc) is 2.34. The lowest BCUT2D eigenvalue weighted by atomic mass is 9.80. The maximum atomic E-state index is 5.48. The molecule has 0 saturated heterocycles. The fourth-order valence-corrected chi connectivity index (χ4v) is 3.24. The lowest BCUT2D eigenvalue weighted by Gasteiger charge is -2.30. The topological polar surface area (TPSA) is 21.3 Å². The zero-order valence-electron chi connectivity index (χ0n) is 11.9. The van der Waals surface area contributed by atoms with Crippen molar-refractivity contribution in [3.63, 3.8) is 0 Å². The van der Waals surface area contributed by atoms with Crippen LogP contribution in [0.2, 0.25) is 0 Å². The Hall–Kier alpha value is -0.540. The van der Waals surface area contributed by atoms with E-state index in [9.17, 15) is 0 Å². The smallest absolute Gasteiger partial charge is 0.122 e. The fraction of sp³-hybridized carbons (Fsp3) is 0.625. The van der Waals surface area contributed by atoms with Crippen LogP contribution in [0.25, 0.3) is 0 Å². The Morgan fingerprint density at radius 2 is 2.21 bits per heavy atom. The van der Waals surface area contributed by atoms with Crippen molar-refractivity contribution in [1.29, 1.82) is 0 Å². The standard InChI is InChI=1S/C16H24BrNO/c1-3-18-15(9-12-5-4-6-12)11-13-10-14(17)7-8-16(13)19-2/h7-8,10,12,15,18H,3-6,9,11H2,1-2H3. The zero-order valence-corrected chi connectivity index (χ0v) is 13.5. The first-order chi connectivity index (χ1) is 9.22. The van der Waals surface area contributed by atoms with Crippen LogP contribution in [0.5, 0.6) is 5.75 Å². The molecule has 1 saturated carbocycles. The average molecular weight is 326 g/mol. The number of ether oxygens (including phenoxy) is 1. The Bertz CT molecular complexity index is 404. The zero-order chi connectivity index (χ0) is 13.7. The van der Waals surface area contributed by atoms with E-state index < -0.39 is 0 Å². The van der Waals surface area contributed by atoms with E-state index in [4.69, 9.17) is 4.74 Å². The molecule has 1 aromatic rings. The summed E-state index contributed by atoms with van der Waals surface area (Å²) in [7, 11) is 1.75. The minimum Gasteiger partial charge on any atom is -0.496 e. The second kappa shape index (κ2) is 7.30. The monoisotopic (exact) mass is 325 g/mol. The summed E-state index contributed by atoms with van der Waals surface area (Å²) in [5.74, 6) is 1.93. The van der Waals surface area contributed by atoms with Crippen LogP contribution in [0.4, 0.5) is 0 Å². The summed E-state index contributed by atoms with van der Waals surface area (Å²) < 4.78 is 6.60. The second-order valence-corrected chi connectivity index (χ2v) is 6.36. The van der Waals surface area contributed by atoms with Crippen molar-refractivity contribution < 1.29 is 4.74 Å². The first-order valence-corrected chi connectivity index (χ1v) is 8.08. The number of hydrogen-bond donors (Lipinski definition) is 1. The van der Waals surface area contributed by atoms with Crippen LogP contribution in [0.15, 0.2) is 22.7 Å². The Morgan fingerprint density at radius 3 is 2.79 bits per heavy atom. The van der Waals surface area contributed by atoms with Crippen LogP contribution < -0.4 is 10.1 Å². The summed E-state index contributed by atoms with van der Waals surface area (Å²) in [5.41, 5.74) is 1.29. The van der Waals surface area contributed by atoms with E-state index in [1.165, 1.54) is 31.2 Å². The summed E-state index contributed by atoms with van der Waals surface area (Å²) in [6, 6.07) is 6.84. The SMILES string of the molecule is CCNC(Cc1cc(Br)ccc1OC)CC1CCC1. The van der Waals surface area contributed by atoms with E-state index in [1.807, 2.05) is 12.1 Å². The number of methoxy groups -OCH3 is 1. The number of benzene rings is 1. The van der Waals surface area contributed by atoms with Crippen LogP contribution in [0.3, 0.4) is 0 Å². The molecule has 0 heterocycles. The van der Waals surface area contributed by atoms with E-state index in [0.29, 0.717) is 6.04 Å². The van der Waals surface area contributed by atoms with Gasteiger partial charge < -0.3 is 10.1 Å². The van der Waals surface area contributed by atoms with Gasteiger partial charge >= 0.3 is 0 Å². The number of likely N-dealkylation sites (N-methyl/N-ethyl adjacent to an activating group) is 1. The molecule has 1 aromatic carbocycles.